The van der Waals surface area contributed by atoms with Crippen molar-refractivity contribution in [2.45, 2.75) is 19.5 Å². The number of nitrogens with zero attached hydrogens (tertiary/aromatic N) is 1. The van der Waals surface area contributed by atoms with E-state index in [4.69, 9.17) is 16.3 Å². The molecule has 7 heteroatoms. The molecular formula is C20H21ClN2O4. The Labute approximate surface area is 163 Å². The van der Waals surface area contributed by atoms with E-state index in [0.717, 1.165) is 5.56 Å². The van der Waals surface area contributed by atoms with Gasteiger partial charge in [0, 0.05) is 13.6 Å². The number of ether oxygens (including phenoxy) is 1. The number of amides is 2. The van der Waals surface area contributed by atoms with Crippen molar-refractivity contribution in [2.24, 2.45) is 0 Å². The van der Waals surface area contributed by atoms with E-state index in [9.17, 15) is 14.4 Å². The zero-order chi connectivity index (χ0) is 19.8. The van der Waals surface area contributed by atoms with Crippen LogP contribution in [0.1, 0.15) is 22.8 Å². The molecule has 2 amide bonds. The molecule has 142 valence electrons. The third-order valence-electron chi connectivity index (χ3n) is 3.85. The number of likely N-dealkylation sites (N-methyl/N-ethyl adjacent to an activating group) is 1. The van der Waals surface area contributed by atoms with Crippen molar-refractivity contribution in [2.75, 3.05) is 13.7 Å². The highest BCUT2D eigenvalue weighted by molar-refractivity contribution is 6.33. The normalized spacial score (nSPS) is 11.4. The maximum absolute atomic E-state index is 12.2. The Morgan fingerprint density at radius 2 is 1.70 bits per heavy atom. The van der Waals surface area contributed by atoms with Crippen LogP contribution in [0.25, 0.3) is 0 Å². The fraction of sp³-hybridized carbons (Fsp3) is 0.250. The summed E-state index contributed by atoms with van der Waals surface area (Å²) < 4.78 is 5.01. The lowest BCUT2D eigenvalue weighted by molar-refractivity contribution is -0.153. The predicted octanol–water partition coefficient (Wildman–Crippen LogP) is 2.66. The minimum absolute atomic E-state index is 0.262. The molecule has 0 aliphatic heterocycles. The molecule has 0 spiro atoms. The van der Waals surface area contributed by atoms with Crippen molar-refractivity contribution in [3.8, 4) is 0 Å². The van der Waals surface area contributed by atoms with Crippen molar-refractivity contribution in [1.82, 2.24) is 10.2 Å². The van der Waals surface area contributed by atoms with Gasteiger partial charge in [-0.15, -0.1) is 0 Å². The Bertz CT molecular complexity index is 811. The number of carbonyl (C=O) groups excluding carboxylic acids is 3. The van der Waals surface area contributed by atoms with Gasteiger partial charge in [-0.25, -0.2) is 4.79 Å². The average molecular weight is 389 g/mol. The van der Waals surface area contributed by atoms with Gasteiger partial charge >= 0.3 is 5.97 Å². The first-order valence-electron chi connectivity index (χ1n) is 8.38. The zero-order valence-corrected chi connectivity index (χ0v) is 15.9. The first-order valence-corrected chi connectivity index (χ1v) is 8.76. The van der Waals surface area contributed by atoms with Crippen LogP contribution in [0.15, 0.2) is 54.6 Å². The van der Waals surface area contributed by atoms with Crippen molar-refractivity contribution < 1.29 is 19.1 Å². The molecule has 0 aliphatic rings. The largest absolute Gasteiger partial charge is 0.454 e. The molecule has 1 N–H and O–H groups in total. The van der Waals surface area contributed by atoms with E-state index in [1.165, 1.54) is 11.8 Å². The number of benzene rings is 2. The van der Waals surface area contributed by atoms with Gasteiger partial charge in [0.05, 0.1) is 10.6 Å². The van der Waals surface area contributed by atoms with E-state index in [1.54, 1.807) is 31.3 Å². The summed E-state index contributed by atoms with van der Waals surface area (Å²) in [5.41, 5.74) is 1.23. The summed E-state index contributed by atoms with van der Waals surface area (Å²) in [7, 11) is 1.63. The second-order valence-corrected chi connectivity index (χ2v) is 6.43. The SMILES string of the molecule is C[C@H](NC(=O)c1ccccc1Cl)C(=O)OCC(=O)N(C)Cc1ccccc1. The van der Waals surface area contributed by atoms with Crippen LogP contribution in [0.5, 0.6) is 0 Å². The van der Waals surface area contributed by atoms with Crippen molar-refractivity contribution in [1.29, 1.82) is 0 Å². The van der Waals surface area contributed by atoms with Crippen LogP contribution >= 0.6 is 11.6 Å². The average Bonchev–Trinajstić information content (AvgIpc) is 2.66. The predicted molar refractivity (Wildman–Crippen MR) is 102 cm³/mol. The fourth-order valence-electron chi connectivity index (χ4n) is 2.29. The molecular weight excluding hydrogens is 368 g/mol. The van der Waals surface area contributed by atoms with Gasteiger partial charge in [0.1, 0.15) is 6.04 Å². The Morgan fingerprint density at radius 1 is 1.07 bits per heavy atom. The first-order chi connectivity index (χ1) is 12.9. The molecule has 0 bridgehead atoms. The van der Waals surface area contributed by atoms with Crippen LogP contribution in [0.3, 0.4) is 0 Å². The quantitative estimate of drug-likeness (QED) is 0.740. The van der Waals surface area contributed by atoms with Gasteiger partial charge in [-0.05, 0) is 24.6 Å². The topological polar surface area (TPSA) is 75.7 Å². The fourth-order valence-corrected chi connectivity index (χ4v) is 2.51. The minimum Gasteiger partial charge on any atom is -0.454 e. The van der Waals surface area contributed by atoms with Gasteiger partial charge in [-0.1, -0.05) is 54.1 Å². The molecule has 2 aromatic carbocycles. The van der Waals surface area contributed by atoms with Gasteiger partial charge in [0.15, 0.2) is 6.61 Å². The van der Waals surface area contributed by atoms with Gasteiger partial charge in [0.25, 0.3) is 11.8 Å². The molecule has 0 aliphatic carbocycles. The highest BCUT2D eigenvalue weighted by Crippen LogP contribution is 2.14. The van der Waals surface area contributed by atoms with Crippen molar-refractivity contribution >= 4 is 29.4 Å². The third-order valence-corrected chi connectivity index (χ3v) is 4.18. The highest BCUT2D eigenvalue weighted by atomic mass is 35.5. The third kappa shape index (κ3) is 6.11. The van der Waals surface area contributed by atoms with E-state index in [-0.39, 0.29) is 16.5 Å². The summed E-state index contributed by atoms with van der Waals surface area (Å²) in [6, 6.07) is 15.1. The Hall–Kier alpha value is -2.86. The number of halogens is 1. The zero-order valence-electron chi connectivity index (χ0n) is 15.1. The minimum atomic E-state index is -0.916. The van der Waals surface area contributed by atoms with Crippen LogP contribution in [0.2, 0.25) is 5.02 Å². The number of esters is 1. The van der Waals surface area contributed by atoms with Crippen molar-refractivity contribution in [3.63, 3.8) is 0 Å². The summed E-state index contributed by atoms with van der Waals surface area (Å²) in [6.07, 6.45) is 0. The van der Waals surface area contributed by atoms with Gasteiger partial charge < -0.3 is 15.0 Å². The van der Waals surface area contributed by atoms with Crippen LogP contribution in [0, 0.1) is 0 Å². The summed E-state index contributed by atoms with van der Waals surface area (Å²) in [5, 5.41) is 2.79. The highest BCUT2D eigenvalue weighted by Gasteiger charge is 2.21. The molecule has 0 aromatic heterocycles. The van der Waals surface area contributed by atoms with Crippen LogP contribution in [0.4, 0.5) is 0 Å². The van der Waals surface area contributed by atoms with Gasteiger partial charge in [-0.3, -0.25) is 9.59 Å². The van der Waals surface area contributed by atoms with E-state index < -0.39 is 24.5 Å². The summed E-state index contributed by atoms with van der Waals surface area (Å²) in [5.74, 6) is -1.52. The standard InChI is InChI=1S/C20H21ClN2O4/c1-14(22-19(25)16-10-6-7-11-17(16)21)20(26)27-13-18(24)23(2)12-15-8-4-3-5-9-15/h3-11,14H,12-13H2,1-2H3,(H,22,25)/t14-/m0/s1. The summed E-state index contributed by atoms with van der Waals surface area (Å²) >= 11 is 5.96. The molecule has 0 saturated heterocycles. The monoisotopic (exact) mass is 388 g/mol. The molecule has 0 unspecified atom stereocenters. The van der Waals surface area contributed by atoms with E-state index in [1.807, 2.05) is 30.3 Å². The Morgan fingerprint density at radius 3 is 2.37 bits per heavy atom. The second-order valence-electron chi connectivity index (χ2n) is 6.02. The molecule has 2 aromatic rings. The second kappa shape index (κ2) is 9.73. The number of hydrogen-bond acceptors (Lipinski definition) is 4. The van der Waals surface area contributed by atoms with Crippen LogP contribution < -0.4 is 5.32 Å². The molecule has 0 fully saturated rings. The van der Waals surface area contributed by atoms with Crippen LogP contribution in [-0.4, -0.2) is 42.4 Å². The number of rotatable bonds is 7. The van der Waals surface area contributed by atoms with Crippen LogP contribution in [-0.2, 0) is 20.9 Å². The molecule has 2 rings (SSSR count). The Kier molecular flexibility index (Phi) is 7.37. The maximum atomic E-state index is 12.2. The molecule has 0 radical (unpaired) electrons. The first kappa shape index (κ1) is 20.5. The number of hydrogen-bond donors (Lipinski definition) is 1. The smallest absolute Gasteiger partial charge is 0.328 e. The van der Waals surface area contributed by atoms with Gasteiger partial charge in [0.2, 0.25) is 0 Å². The lowest BCUT2D eigenvalue weighted by Crippen LogP contribution is -2.41. The summed E-state index contributed by atoms with van der Waals surface area (Å²) in [4.78, 5) is 37.8. The number of carbonyl (C=O) groups is 3. The van der Waals surface area contributed by atoms with E-state index >= 15 is 0 Å². The molecule has 1 atom stereocenters. The van der Waals surface area contributed by atoms with E-state index in [0.29, 0.717) is 6.54 Å². The lowest BCUT2D eigenvalue weighted by Gasteiger charge is -2.18. The van der Waals surface area contributed by atoms with Crippen molar-refractivity contribution in [3.05, 3.63) is 70.7 Å². The van der Waals surface area contributed by atoms with Gasteiger partial charge in [-0.2, -0.15) is 0 Å². The van der Waals surface area contributed by atoms with E-state index in [2.05, 4.69) is 5.32 Å². The molecule has 0 saturated carbocycles. The lowest BCUT2D eigenvalue weighted by atomic mass is 10.2. The molecule has 0 heterocycles. The summed E-state index contributed by atoms with van der Waals surface area (Å²) in [6.45, 7) is 1.50. The molecule has 27 heavy (non-hydrogen) atoms. The molecule has 6 nitrogen and oxygen atoms in total. The number of nitrogens with one attached hydrogen (secondary N) is 1. The maximum Gasteiger partial charge on any atom is 0.328 e. The Balaban J connectivity index is 1.81.